The van der Waals surface area contributed by atoms with Crippen molar-refractivity contribution in [2.75, 3.05) is 5.32 Å². The van der Waals surface area contributed by atoms with Crippen LogP contribution < -0.4 is 5.32 Å². The number of carbonyl (C=O) groups excluding carboxylic acids is 1. The summed E-state index contributed by atoms with van der Waals surface area (Å²) in [5.74, 6) is 0.623. The number of halogens is 1. The Kier molecular flexibility index (Phi) is 4.59. The highest BCUT2D eigenvalue weighted by atomic mass is 79.9. The third kappa shape index (κ3) is 3.87. The maximum Gasteiger partial charge on any atom is 0.225 e. The Labute approximate surface area is 92.1 Å². The van der Waals surface area contributed by atoms with Crippen LogP contribution in [0.4, 0.5) is 5.82 Å². The minimum absolute atomic E-state index is 0.0254. The highest BCUT2D eigenvalue weighted by Crippen LogP contribution is 2.12. The summed E-state index contributed by atoms with van der Waals surface area (Å²) in [4.78, 5) is 15.3. The number of nitrogens with one attached hydrogen (secondary N) is 1. The van der Waals surface area contributed by atoms with Gasteiger partial charge in [-0.1, -0.05) is 29.3 Å². The summed E-state index contributed by atoms with van der Waals surface area (Å²) in [6, 6.07) is 3.60. The molecule has 0 atom stereocenters. The summed E-state index contributed by atoms with van der Waals surface area (Å²) >= 11 is 3.31. The molecule has 0 aliphatic carbocycles. The molecule has 0 aliphatic rings. The number of hydrogen-bond donors (Lipinski definition) is 1. The third-order valence-corrected chi connectivity index (χ3v) is 2.24. The molecular weight excluding hydrogens is 244 g/mol. The summed E-state index contributed by atoms with van der Waals surface area (Å²) in [7, 11) is 0. The number of aromatic nitrogens is 1. The molecule has 76 valence electrons. The van der Waals surface area contributed by atoms with E-state index in [1.54, 1.807) is 12.3 Å². The summed E-state index contributed by atoms with van der Waals surface area (Å²) < 4.78 is 0.915. The van der Waals surface area contributed by atoms with Crippen LogP contribution in [0.1, 0.15) is 26.2 Å². The van der Waals surface area contributed by atoms with Crippen LogP contribution in [0.2, 0.25) is 0 Å². The topological polar surface area (TPSA) is 42.0 Å². The molecule has 0 spiro atoms. The maximum atomic E-state index is 11.3. The van der Waals surface area contributed by atoms with Crippen molar-refractivity contribution in [3.05, 3.63) is 22.8 Å². The van der Waals surface area contributed by atoms with Gasteiger partial charge >= 0.3 is 0 Å². The first-order chi connectivity index (χ1) is 6.72. The van der Waals surface area contributed by atoms with E-state index in [0.29, 0.717) is 12.2 Å². The molecule has 4 heteroatoms. The number of unbranched alkanes of at least 4 members (excludes halogenated alkanes) is 1. The quantitative estimate of drug-likeness (QED) is 0.900. The number of pyridine rings is 1. The van der Waals surface area contributed by atoms with Gasteiger partial charge in [-0.3, -0.25) is 4.79 Å². The molecule has 0 aliphatic heterocycles. The van der Waals surface area contributed by atoms with E-state index in [2.05, 4.69) is 33.2 Å². The van der Waals surface area contributed by atoms with Gasteiger partial charge in [0, 0.05) is 17.1 Å². The largest absolute Gasteiger partial charge is 0.311 e. The summed E-state index contributed by atoms with van der Waals surface area (Å²) in [6.07, 6.45) is 4.16. The first kappa shape index (κ1) is 11.2. The molecule has 1 aromatic rings. The van der Waals surface area contributed by atoms with Crippen molar-refractivity contribution in [2.24, 2.45) is 0 Å². The van der Waals surface area contributed by atoms with Gasteiger partial charge in [0.25, 0.3) is 0 Å². The van der Waals surface area contributed by atoms with Gasteiger partial charge in [-0.05, 0) is 18.6 Å². The monoisotopic (exact) mass is 256 g/mol. The fourth-order valence-corrected chi connectivity index (χ4v) is 1.35. The highest BCUT2D eigenvalue weighted by molar-refractivity contribution is 9.10. The van der Waals surface area contributed by atoms with Gasteiger partial charge < -0.3 is 5.32 Å². The molecule has 1 N–H and O–H groups in total. The smallest absolute Gasteiger partial charge is 0.225 e. The molecular formula is C10H13BrN2O. The first-order valence-electron chi connectivity index (χ1n) is 4.63. The number of hydrogen-bond acceptors (Lipinski definition) is 2. The second-order valence-electron chi connectivity index (χ2n) is 3.01. The van der Waals surface area contributed by atoms with Gasteiger partial charge in [0.05, 0.1) is 0 Å². The first-order valence-corrected chi connectivity index (χ1v) is 5.43. The van der Waals surface area contributed by atoms with E-state index in [-0.39, 0.29) is 5.91 Å². The molecule has 0 radical (unpaired) electrons. The zero-order chi connectivity index (χ0) is 10.4. The Morgan fingerprint density at radius 3 is 3.07 bits per heavy atom. The maximum absolute atomic E-state index is 11.3. The zero-order valence-corrected chi connectivity index (χ0v) is 9.67. The Bertz CT molecular complexity index is 315. The van der Waals surface area contributed by atoms with E-state index in [4.69, 9.17) is 0 Å². The van der Waals surface area contributed by atoms with Crippen LogP contribution in [-0.4, -0.2) is 10.9 Å². The molecule has 14 heavy (non-hydrogen) atoms. The van der Waals surface area contributed by atoms with Gasteiger partial charge in [-0.25, -0.2) is 4.98 Å². The third-order valence-electron chi connectivity index (χ3n) is 1.75. The fourth-order valence-electron chi connectivity index (χ4n) is 1.02. The second-order valence-corrected chi connectivity index (χ2v) is 3.93. The lowest BCUT2D eigenvalue weighted by atomic mass is 10.2. The molecule has 1 heterocycles. The lowest BCUT2D eigenvalue weighted by Crippen LogP contribution is -2.11. The Hall–Kier alpha value is -0.900. The summed E-state index contributed by atoms with van der Waals surface area (Å²) in [5, 5.41) is 2.74. The van der Waals surface area contributed by atoms with Crippen molar-refractivity contribution < 1.29 is 4.79 Å². The molecule has 0 saturated heterocycles. The van der Waals surface area contributed by atoms with E-state index in [1.165, 1.54) is 0 Å². The van der Waals surface area contributed by atoms with Crippen LogP contribution in [0.25, 0.3) is 0 Å². The predicted molar refractivity (Wildman–Crippen MR) is 60.1 cm³/mol. The van der Waals surface area contributed by atoms with Crippen LogP contribution in [0.3, 0.4) is 0 Å². The minimum atomic E-state index is 0.0254. The van der Waals surface area contributed by atoms with Crippen molar-refractivity contribution in [3.8, 4) is 0 Å². The number of rotatable bonds is 4. The fraction of sp³-hybridized carbons (Fsp3) is 0.400. The molecule has 0 saturated carbocycles. The van der Waals surface area contributed by atoms with E-state index in [1.807, 2.05) is 6.07 Å². The van der Waals surface area contributed by atoms with Gasteiger partial charge in [0.15, 0.2) is 0 Å². The molecule has 3 nitrogen and oxygen atoms in total. The number of amides is 1. The van der Waals surface area contributed by atoms with Gasteiger partial charge in [0.1, 0.15) is 5.82 Å². The predicted octanol–water partition coefficient (Wildman–Crippen LogP) is 2.97. The zero-order valence-electron chi connectivity index (χ0n) is 8.09. The summed E-state index contributed by atoms with van der Waals surface area (Å²) in [6.45, 7) is 2.06. The van der Waals surface area contributed by atoms with Gasteiger partial charge in [-0.15, -0.1) is 0 Å². The van der Waals surface area contributed by atoms with Crippen molar-refractivity contribution in [1.29, 1.82) is 0 Å². The Balaban J connectivity index is 2.47. The Morgan fingerprint density at radius 1 is 1.64 bits per heavy atom. The molecule has 1 amide bonds. The van der Waals surface area contributed by atoms with Crippen molar-refractivity contribution >= 4 is 27.7 Å². The average Bonchev–Trinajstić information content (AvgIpc) is 2.15. The van der Waals surface area contributed by atoms with Crippen molar-refractivity contribution in [2.45, 2.75) is 26.2 Å². The normalized spacial score (nSPS) is 9.86. The van der Waals surface area contributed by atoms with E-state index >= 15 is 0 Å². The van der Waals surface area contributed by atoms with Gasteiger partial charge in [0.2, 0.25) is 5.91 Å². The average molecular weight is 257 g/mol. The van der Waals surface area contributed by atoms with Crippen LogP contribution >= 0.6 is 15.9 Å². The number of nitrogens with zero attached hydrogens (tertiary/aromatic N) is 1. The van der Waals surface area contributed by atoms with Crippen LogP contribution in [0.5, 0.6) is 0 Å². The van der Waals surface area contributed by atoms with E-state index in [9.17, 15) is 4.79 Å². The summed E-state index contributed by atoms with van der Waals surface area (Å²) in [5.41, 5.74) is 0. The van der Waals surface area contributed by atoms with Gasteiger partial charge in [-0.2, -0.15) is 0 Å². The molecule has 1 rings (SSSR count). The molecule has 0 bridgehead atoms. The lowest BCUT2D eigenvalue weighted by Gasteiger charge is -2.03. The van der Waals surface area contributed by atoms with E-state index in [0.717, 1.165) is 17.3 Å². The Morgan fingerprint density at radius 2 is 2.43 bits per heavy atom. The molecule has 1 aromatic heterocycles. The van der Waals surface area contributed by atoms with Crippen LogP contribution in [-0.2, 0) is 4.79 Å². The number of anilines is 1. The van der Waals surface area contributed by atoms with E-state index < -0.39 is 0 Å². The van der Waals surface area contributed by atoms with Crippen molar-refractivity contribution in [3.63, 3.8) is 0 Å². The SMILES string of the molecule is CCCCC(=O)Nc1cc(Br)ccn1. The minimum Gasteiger partial charge on any atom is -0.311 e. The highest BCUT2D eigenvalue weighted by Gasteiger charge is 2.02. The molecule has 0 aromatic carbocycles. The van der Waals surface area contributed by atoms with Crippen LogP contribution in [0, 0.1) is 0 Å². The standard InChI is InChI=1S/C10H13BrN2O/c1-2-3-4-10(14)13-9-7-8(11)5-6-12-9/h5-7H,2-4H2,1H3,(H,12,13,14). The molecule has 0 unspecified atom stereocenters. The lowest BCUT2D eigenvalue weighted by molar-refractivity contribution is -0.116. The van der Waals surface area contributed by atoms with Crippen LogP contribution in [0.15, 0.2) is 22.8 Å². The van der Waals surface area contributed by atoms with Crippen molar-refractivity contribution in [1.82, 2.24) is 4.98 Å². The second kappa shape index (κ2) is 5.75. The number of carbonyl (C=O) groups is 1. The molecule has 0 fully saturated rings.